The highest BCUT2D eigenvalue weighted by Gasteiger charge is 2.28. The smallest absolute Gasteiger partial charge is 0.325 e. The van der Waals surface area contributed by atoms with Crippen LogP contribution < -0.4 is 21.7 Å². The van der Waals surface area contributed by atoms with Crippen LogP contribution in [-0.4, -0.2) is 70.0 Å². The van der Waals surface area contributed by atoms with Crippen molar-refractivity contribution in [3.63, 3.8) is 0 Å². The third kappa shape index (κ3) is 7.50. The third-order valence-corrected chi connectivity index (χ3v) is 5.83. The van der Waals surface area contributed by atoms with E-state index in [0.29, 0.717) is 12.2 Å². The molecular weight excluding hydrogens is 446 g/mol. The second kappa shape index (κ2) is 12.3. The van der Waals surface area contributed by atoms with Crippen molar-refractivity contribution in [3.05, 3.63) is 36.0 Å². The van der Waals surface area contributed by atoms with Crippen molar-refractivity contribution < 1.29 is 24.3 Å². The number of fused-ring (bicyclic) bond motifs is 1. The highest BCUT2D eigenvalue weighted by Crippen LogP contribution is 2.19. The number of H-pyrrole nitrogens is 1. The molecule has 3 amide bonds. The molecule has 0 aliphatic rings. The van der Waals surface area contributed by atoms with Gasteiger partial charge >= 0.3 is 5.97 Å². The number of carbonyl (C=O) groups is 4. The van der Waals surface area contributed by atoms with Crippen LogP contribution in [-0.2, 0) is 25.6 Å². The molecule has 180 valence electrons. The standard InChI is InChI=1S/C22H31N5O5S/c1-12(19(28)26-13(2)22(31)32)25-21(30)18(27-20(29)16(23)8-9-33-3)10-14-11-24-17-7-5-4-6-15(14)17/h4-7,11-13,16,18,24H,8-10,23H2,1-3H3,(H,25,30)(H,26,28)(H,27,29)(H,31,32). The molecule has 0 saturated heterocycles. The fourth-order valence-electron chi connectivity index (χ4n) is 3.16. The molecule has 33 heavy (non-hydrogen) atoms. The van der Waals surface area contributed by atoms with E-state index in [-0.39, 0.29) is 6.42 Å². The highest BCUT2D eigenvalue weighted by molar-refractivity contribution is 7.98. The number of amides is 3. The lowest BCUT2D eigenvalue weighted by Gasteiger charge is -2.23. The summed E-state index contributed by atoms with van der Waals surface area (Å²) in [7, 11) is 0. The number of benzene rings is 1. The first-order valence-electron chi connectivity index (χ1n) is 10.6. The van der Waals surface area contributed by atoms with Crippen LogP contribution in [0.15, 0.2) is 30.5 Å². The largest absolute Gasteiger partial charge is 0.480 e. The summed E-state index contributed by atoms with van der Waals surface area (Å²) in [6.45, 7) is 2.77. The molecule has 0 radical (unpaired) electrons. The Balaban J connectivity index is 2.16. The first-order chi connectivity index (χ1) is 15.6. The Morgan fingerprint density at radius 2 is 1.70 bits per heavy atom. The quantitative estimate of drug-likeness (QED) is 0.257. The molecule has 2 aromatic rings. The Bertz CT molecular complexity index is 994. The highest BCUT2D eigenvalue weighted by atomic mass is 32.2. The van der Waals surface area contributed by atoms with Crippen LogP contribution in [0, 0.1) is 0 Å². The minimum atomic E-state index is -1.19. The Labute approximate surface area is 196 Å². The van der Waals surface area contributed by atoms with Crippen LogP contribution in [0.25, 0.3) is 10.9 Å². The molecule has 4 unspecified atom stereocenters. The number of carbonyl (C=O) groups excluding carboxylic acids is 3. The van der Waals surface area contributed by atoms with Gasteiger partial charge in [0.15, 0.2) is 0 Å². The van der Waals surface area contributed by atoms with E-state index in [1.54, 1.807) is 18.0 Å². The van der Waals surface area contributed by atoms with E-state index < -0.39 is 47.9 Å². The van der Waals surface area contributed by atoms with Crippen molar-refractivity contribution in [2.45, 2.75) is 50.9 Å². The number of rotatable bonds is 12. The first kappa shape index (κ1) is 26.2. The van der Waals surface area contributed by atoms with Crippen LogP contribution in [0.1, 0.15) is 25.8 Å². The van der Waals surface area contributed by atoms with Crippen LogP contribution in [0.4, 0.5) is 0 Å². The monoisotopic (exact) mass is 477 g/mol. The van der Waals surface area contributed by atoms with Crippen molar-refractivity contribution in [2.24, 2.45) is 5.73 Å². The number of carboxylic acids is 1. The van der Waals surface area contributed by atoms with Gasteiger partial charge in [0.1, 0.15) is 18.1 Å². The lowest BCUT2D eigenvalue weighted by atomic mass is 10.0. The Morgan fingerprint density at radius 3 is 2.36 bits per heavy atom. The number of para-hydroxylation sites is 1. The van der Waals surface area contributed by atoms with Gasteiger partial charge in [-0.05, 0) is 43.9 Å². The summed E-state index contributed by atoms with van der Waals surface area (Å²) in [6, 6.07) is 3.71. The molecular formula is C22H31N5O5S. The Morgan fingerprint density at radius 1 is 1.03 bits per heavy atom. The summed E-state index contributed by atoms with van der Waals surface area (Å²) in [5.41, 5.74) is 7.68. The van der Waals surface area contributed by atoms with Gasteiger partial charge in [-0.2, -0.15) is 11.8 Å². The summed E-state index contributed by atoms with van der Waals surface area (Å²) < 4.78 is 0. The SMILES string of the molecule is CSCCC(N)C(=O)NC(Cc1c[nH]c2ccccc12)C(=O)NC(C)C(=O)NC(C)C(=O)O. The van der Waals surface area contributed by atoms with Crippen molar-refractivity contribution in [2.75, 3.05) is 12.0 Å². The van der Waals surface area contributed by atoms with Gasteiger partial charge in [0.25, 0.3) is 0 Å². The molecule has 11 heteroatoms. The summed E-state index contributed by atoms with van der Waals surface area (Å²) in [6.07, 6.45) is 4.32. The number of thioether (sulfide) groups is 1. The maximum Gasteiger partial charge on any atom is 0.325 e. The number of nitrogens with two attached hydrogens (primary N) is 1. The second-order valence-electron chi connectivity index (χ2n) is 7.81. The van der Waals surface area contributed by atoms with Crippen molar-refractivity contribution in [1.29, 1.82) is 0 Å². The minimum Gasteiger partial charge on any atom is -0.480 e. The normalized spacial score (nSPS) is 14.7. The lowest BCUT2D eigenvalue weighted by Crippen LogP contribution is -2.56. The number of aliphatic carboxylic acids is 1. The molecule has 0 aliphatic carbocycles. The number of carboxylic acid groups (broad SMARTS) is 1. The molecule has 10 nitrogen and oxygen atoms in total. The maximum atomic E-state index is 13.0. The van der Waals surface area contributed by atoms with Gasteiger partial charge in [-0.1, -0.05) is 18.2 Å². The molecule has 0 bridgehead atoms. The zero-order valence-corrected chi connectivity index (χ0v) is 19.7. The van der Waals surface area contributed by atoms with E-state index >= 15 is 0 Å². The molecule has 1 heterocycles. The second-order valence-corrected chi connectivity index (χ2v) is 8.80. The van der Waals surface area contributed by atoms with E-state index in [0.717, 1.165) is 16.5 Å². The first-order valence-corrected chi connectivity index (χ1v) is 12.0. The number of hydrogen-bond acceptors (Lipinski definition) is 6. The van der Waals surface area contributed by atoms with E-state index in [2.05, 4.69) is 20.9 Å². The molecule has 2 rings (SSSR count). The summed E-state index contributed by atoms with van der Waals surface area (Å²) in [5.74, 6) is -2.16. The van der Waals surface area contributed by atoms with E-state index in [4.69, 9.17) is 10.8 Å². The summed E-state index contributed by atoms with van der Waals surface area (Å²) in [4.78, 5) is 52.0. The Kier molecular flexibility index (Phi) is 9.74. The number of aromatic nitrogens is 1. The Hall–Kier alpha value is -3.05. The zero-order chi connectivity index (χ0) is 24.5. The van der Waals surface area contributed by atoms with Gasteiger partial charge in [-0.15, -0.1) is 0 Å². The van der Waals surface area contributed by atoms with Gasteiger partial charge < -0.3 is 31.8 Å². The molecule has 7 N–H and O–H groups in total. The molecule has 1 aromatic carbocycles. The van der Waals surface area contributed by atoms with E-state index in [1.807, 2.05) is 30.5 Å². The van der Waals surface area contributed by atoms with Gasteiger partial charge in [0.2, 0.25) is 17.7 Å². The molecule has 0 aliphatic heterocycles. The molecule has 4 atom stereocenters. The molecule has 0 fully saturated rings. The molecule has 0 saturated carbocycles. The molecule has 1 aromatic heterocycles. The van der Waals surface area contributed by atoms with E-state index in [1.165, 1.54) is 13.8 Å². The molecule has 0 spiro atoms. The topological polar surface area (TPSA) is 166 Å². The number of aromatic amines is 1. The van der Waals surface area contributed by atoms with Gasteiger partial charge in [0, 0.05) is 23.5 Å². The average Bonchev–Trinajstić information content (AvgIpc) is 3.19. The third-order valence-electron chi connectivity index (χ3n) is 5.18. The predicted octanol–water partition coefficient (Wildman–Crippen LogP) is 0.370. The van der Waals surface area contributed by atoms with E-state index in [9.17, 15) is 19.2 Å². The van der Waals surface area contributed by atoms with Crippen molar-refractivity contribution >= 4 is 46.4 Å². The minimum absolute atomic E-state index is 0.177. The fraction of sp³-hybridized carbons (Fsp3) is 0.455. The zero-order valence-electron chi connectivity index (χ0n) is 18.9. The van der Waals surface area contributed by atoms with Crippen LogP contribution in [0.2, 0.25) is 0 Å². The van der Waals surface area contributed by atoms with Crippen LogP contribution in [0.5, 0.6) is 0 Å². The predicted molar refractivity (Wildman–Crippen MR) is 128 cm³/mol. The number of nitrogens with one attached hydrogen (secondary N) is 4. The summed E-state index contributed by atoms with van der Waals surface area (Å²) in [5, 5.41) is 17.4. The van der Waals surface area contributed by atoms with Crippen molar-refractivity contribution in [3.8, 4) is 0 Å². The number of hydrogen-bond donors (Lipinski definition) is 6. The van der Waals surface area contributed by atoms with Crippen LogP contribution >= 0.6 is 11.8 Å². The lowest BCUT2D eigenvalue weighted by molar-refractivity contribution is -0.141. The van der Waals surface area contributed by atoms with Gasteiger partial charge in [-0.3, -0.25) is 19.2 Å². The summed E-state index contributed by atoms with van der Waals surface area (Å²) >= 11 is 1.57. The van der Waals surface area contributed by atoms with Gasteiger partial charge in [0.05, 0.1) is 6.04 Å². The van der Waals surface area contributed by atoms with Crippen LogP contribution in [0.3, 0.4) is 0 Å². The maximum absolute atomic E-state index is 13.0. The van der Waals surface area contributed by atoms with Gasteiger partial charge in [-0.25, -0.2) is 0 Å². The average molecular weight is 478 g/mol. The van der Waals surface area contributed by atoms with Crippen molar-refractivity contribution in [1.82, 2.24) is 20.9 Å². The fourth-order valence-corrected chi connectivity index (χ4v) is 3.65.